The van der Waals surface area contributed by atoms with Gasteiger partial charge in [-0.2, -0.15) is 0 Å². The SMILES string of the molecule is O=S(=O)(COCCCl)Nc1ccccc1. The van der Waals surface area contributed by atoms with Crippen LogP contribution in [0.4, 0.5) is 5.69 Å². The summed E-state index contributed by atoms with van der Waals surface area (Å²) in [5.74, 6) is -0.102. The molecule has 1 aromatic rings. The molecule has 1 N–H and O–H groups in total. The van der Waals surface area contributed by atoms with Crippen LogP contribution in [0.5, 0.6) is 0 Å². The van der Waals surface area contributed by atoms with E-state index >= 15 is 0 Å². The summed E-state index contributed by atoms with van der Waals surface area (Å²) in [7, 11) is -3.44. The normalized spacial score (nSPS) is 11.3. The molecular formula is C9H12ClNO3S. The Labute approximate surface area is 94.3 Å². The van der Waals surface area contributed by atoms with Gasteiger partial charge in [-0.05, 0) is 12.1 Å². The van der Waals surface area contributed by atoms with Crippen molar-refractivity contribution in [3.8, 4) is 0 Å². The minimum atomic E-state index is -3.44. The van der Waals surface area contributed by atoms with E-state index in [0.29, 0.717) is 5.69 Å². The molecule has 0 aliphatic carbocycles. The van der Waals surface area contributed by atoms with Crippen molar-refractivity contribution in [1.29, 1.82) is 0 Å². The Bertz CT molecular complexity index is 380. The highest BCUT2D eigenvalue weighted by molar-refractivity contribution is 7.92. The molecule has 15 heavy (non-hydrogen) atoms. The highest BCUT2D eigenvalue weighted by Gasteiger charge is 2.09. The van der Waals surface area contributed by atoms with E-state index in [-0.39, 0.29) is 18.4 Å². The van der Waals surface area contributed by atoms with Gasteiger partial charge in [0.25, 0.3) is 10.0 Å². The molecular weight excluding hydrogens is 238 g/mol. The average Bonchev–Trinajstić information content (AvgIpc) is 2.18. The smallest absolute Gasteiger partial charge is 0.257 e. The first kappa shape index (κ1) is 12.3. The number of ether oxygens (including phenoxy) is 1. The van der Waals surface area contributed by atoms with E-state index in [4.69, 9.17) is 16.3 Å². The molecule has 1 aromatic carbocycles. The van der Waals surface area contributed by atoms with Gasteiger partial charge in [-0.15, -0.1) is 11.6 Å². The van der Waals surface area contributed by atoms with Crippen molar-refractivity contribution in [1.82, 2.24) is 0 Å². The summed E-state index contributed by atoms with van der Waals surface area (Å²) in [6, 6.07) is 8.63. The number of alkyl halides is 1. The Morgan fingerprint density at radius 3 is 2.53 bits per heavy atom. The first-order valence-corrected chi connectivity index (χ1v) is 6.52. The standard InChI is InChI=1S/C9H12ClNO3S/c10-6-7-14-8-15(12,13)11-9-4-2-1-3-5-9/h1-5,11H,6-8H2. The minimum Gasteiger partial charge on any atom is -0.362 e. The Morgan fingerprint density at radius 2 is 1.93 bits per heavy atom. The van der Waals surface area contributed by atoms with E-state index in [0.717, 1.165) is 0 Å². The average molecular weight is 250 g/mol. The van der Waals surface area contributed by atoms with Crippen LogP contribution in [0, 0.1) is 0 Å². The number of sulfonamides is 1. The van der Waals surface area contributed by atoms with Gasteiger partial charge in [-0.1, -0.05) is 18.2 Å². The first-order valence-electron chi connectivity index (χ1n) is 4.33. The van der Waals surface area contributed by atoms with Crippen LogP contribution in [0.3, 0.4) is 0 Å². The summed E-state index contributed by atoms with van der Waals surface area (Å²) in [6.07, 6.45) is 0. The molecule has 0 bridgehead atoms. The van der Waals surface area contributed by atoms with Crippen molar-refractivity contribution >= 4 is 27.3 Å². The lowest BCUT2D eigenvalue weighted by Gasteiger charge is -2.07. The van der Waals surface area contributed by atoms with Crippen molar-refractivity contribution in [3.05, 3.63) is 30.3 Å². The van der Waals surface area contributed by atoms with Gasteiger partial charge in [0.2, 0.25) is 0 Å². The van der Waals surface area contributed by atoms with Gasteiger partial charge in [0.1, 0.15) is 0 Å². The van der Waals surface area contributed by atoms with Crippen LogP contribution in [-0.4, -0.2) is 26.8 Å². The van der Waals surface area contributed by atoms with Crippen LogP contribution in [0.25, 0.3) is 0 Å². The summed E-state index contributed by atoms with van der Waals surface area (Å²) in [5.41, 5.74) is 0.520. The third-order valence-corrected chi connectivity index (χ3v) is 2.69. The van der Waals surface area contributed by atoms with Crippen LogP contribution >= 0.6 is 11.6 Å². The summed E-state index contributed by atoms with van der Waals surface area (Å²) >= 11 is 5.35. The molecule has 0 amide bonds. The first-order chi connectivity index (χ1) is 7.14. The second kappa shape index (κ2) is 5.95. The second-order valence-corrected chi connectivity index (χ2v) is 4.85. The van der Waals surface area contributed by atoms with Crippen molar-refractivity contribution in [3.63, 3.8) is 0 Å². The van der Waals surface area contributed by atoms with Crippen molar-refractivity contribution in [2.45, 2.75) is 0 Å². The molecule has 1 rings (SSSR count). The maximum Gasteiger partial charge on any atom is 0.257 e. The Hall–Kier alpha value is -0.780. The summed E-state index contributed by atoms with van der Waals surface area (Å²) in [5, 5.41) is 0. The zero-order valence-corrected chi connectivity index (χ0v) is 9.59. The third kappa shape index (κ3) is 5.01. The number of anilines is 1. The lowest BCUT2D eigenvalue weighted by atomic mass is 10.3. The lowest BCUT2D eigenvalue weighted by Crippen LogP contribution is -2.19. The maximum atomic E-state index is 11.4. The van der Waals surface area contributed by atoms with E-state index in [1.165, 1.54) is 0 Å². The fourth-order valence-corrected chi connectivity index (χ4v) is 1.94. The number of hydrogen-bond acceptors (Lipinski definition) is 3. The van der Waals surface area contributed by atoms with E-state index in [1.54, 1.807) is 24.3 Å². The number of halogens is 1. The largest absolute Gasteiger partial charge is 0.362 e. The minimum absolute atomic E-state index is 0.219. The molecule has 0 saturated heterocycles. The number of benzene rings is 1. The Morgan fingerprint density at radius 1 is 1.27 bits per heavy atom. The maximum absolute atomic E-state index is 11.4. The Balaban J connectivity index is 2.50. The molecule has 0 radical (unpaired) electrons. The molecule has 0 atom stereocenters. The van der Waals surface area contributed by atoms with Crippen molar-refractivity contribution < 1.29 is 13.2 Å². The van der Waals surface area contributed by atoms with E-state index in [1.807, 2.05) is 6.07 Å². The van der Waals surface area contributed by atoms with Gasteiger partial charge >= 0.3 is 0 Å². The monoisotopic (exact) mass is 249 g/mol. The molecule has 0 aromatic heterocycles. The molecule has 0 fully saturated rings. The Kier molecular flexibility index (Phi) is 4.87. The van der Waals surface area contributed by atoms with Gasteiger partial charge in [0.15, 0.2) is 5.94 Å². The quantitative estimate of drug-likeness (QED) is 0.616. The summed E-state index contributed by atoms with van der Waals surface area (Å²) in [6.45, 7) is 0.219. The number of nitrogens with one attached hydrogen (secondary N) is 1. The fraction of sp³-hybridized carbons (Fsp3) is 0.333. The predicted molar refractivity (Wildman–Crippen MR) is 60.5 cm³/mol. The molecule has 0 saturated carbocycles. The highest BCUT2D eigenvalue weighted by atomic mass is 35.5. The summed E-state index contributed by atoms with van der Waals surface area (Å²) in [4.78, 5) is 0. The molecule has 6 heteroatoms. The van der Waals surface area contributed by atoms with E-state index in [9.17, 15) is 8.42 Å². The lowest BCUT2D eigenvalue weighted by molar-refractivity contribution is 0.194. The van der Waals surface area contributed by atoms with Crippen LogP contribution < -0.4 is 4.72 Å². The van der Waals surface area contributed by atoms with Gasteiger partial charge < -0.3 is 4.74 Å². The molecule has 0 heterocycles. The van der Waals surface area contributed by atoms with Gasteiger partial charge in [0, 0.05) is 11.6 Å². The van der Waals surface area contributed by atoms with E-state index in [2.05, 4.69) is 4.72 Å². The second-order valence-electron chi connectivity index (χ2n) is 2.80. The molecule has 0 unspecified atom stereocenters. The zero-order valence-electron chi connectivity index (χ0n) is 8.02. The van der Waals surface area contributed by atoms with E-state index < -0.39 is 10.0 Å². The van der Waals surface area contributed by atoms with Crippen molar-refractivity contribution in [2.75, 3.05) is 23.1 Å². The highest BCUT2D eigenvalue weighted by Crippen LogP contribution is 2.07. The fourth-order valence-electron chi connectivity index (χ4n) is 0.938. The topological polar surface area (TPSA) is 55.4 Å². The van der Waals surface area contributed by atoms with Crippen LogP contribution in [0.2, 0.25) is 0 Å². The molecule has 0 spiro atoms. The van der Waals surface area contributed by atoms with Crippen LogP contribution in [0.1, 0.15) is 0 Å². The number of para-hydroxylation sites is 1. The van der Waals surface area contributed by atoms with Crippen LogP contribution in [-0.2, 0) is 14.8 Å². The zero-order chi connectivity index (χ0) is 11.1. The predicted octanol–water partition coefficient (Wildman–Crippen LogP) is 1.64. The molecule has 0 aliphatic heterocycles. The van der Waals surface area contributed by atoms with Crippen LogP contribution in [0.15, 0.2) is 30.3 Å². The third-order valence-electron chi connectivity index (χ3n) is 1.51. The van der Waals surface area contributed by atoms with Gasteiger partial charge in [-0.3, -0.25) is 4.72 Å². The van der Waals surface area contributed by atoms with Gasteiger partial charge in [0.05, 0.1) is 6.61 Å². The molecule has 4 nitrogen and oxygen atoms in total. The van der Waals surface area contributed by atoms with Crippen molar-refractivity contribution in [2.24, 2.45) is 0 Å². The molecule has 0 aliphatic rings. The molecule has 84 valence electrons. The summed E-state index contributed by atoms with van der Waals surface area (Å²) < 4.78 is 30.0. The van der Waals surface area contributed by atoms with Gasteiger partial charge in [-0.25, -0.2) is 8.42 Å². The number of rotatable bonds is 6. The number of hydrogen-bond donors (Lipinski definition) is 1.